The van der Waals surface area contributed by atoms with E-state index in [9.17, 15) is 5.26 Å². The molecule has 0 bridgehead atoms. The predicted molar refractivity (Wildman–Crippen MR) is 92.6 cm³/mol. The highest BCUT2D eigenvalue weighted by Crippen LogP contribution is 2.50. The fourth-order valence-corrected chi connectivity index (χ4v) is 4.50. The molecule has 24 heavy (non-hydrogen) atoms. The molecule has 0 amide bonds. The normalized spacial score (nSPS) is 16.6. The summed E-state index contributed by atoms with van der Waals surface area (Å²) in [7, 11) is 0. The largest absolute Gasteiger partial charge is 0.439 e. The Labute approximate surface area is 143 Å². The van der Waals surface area contributed by atoms with Gasteiger partial charge in [-0.25, -0.2) is 4.98 Å². The Balaban J connectivity index is 2.05. The molecule has 4 rings (SSSR count). The average molecular weight is 334 g/mol. The van der Waals surface area contributed by atoms with Crippen molar-refractivity contribution in [3.8, 4) is 11.8 Å². The number of aromatic nitrogens is 2. The van der Waals surface area contributed by atoms with Crippen molar-refractivity contribution >= 4 is 21.6 Å². The van der Waals surface area contributed by atoms with Crippen molar-refractivity contribution in [3.05, 3.63) is 63.7 Å². The van der Waals surface area contributed by atoms with E-state index in [0.29, 0.717) is 11.3 Å². The van der Waals surface area contributed by atoms with Crippen LogP contribution >= 0.6 is 11.3 Å². The fourth-order valence-electron chi connectivity index (χ4n) is 3.14. The van der Waals surface area contributed by atoms with Gasteiger partial charge >= 0.3 is 0 Å². The number of rotatable bonds is 1. The van der Waals surface area contributed by atoms with Gasteiger partial charge in [0.25, 0.3) is 0 Å². The number of hydrogen-bond donors (Lipinski definition) is 1. The quantitative estimate of drug-likeness (QED) is 0.736. The molecule has 4 heterocycles. The zero-order valence-electron chi connectivity index (χ0n) is 13.2. The first kappa shape index (κ1) is 14.7. The highest BCUT2D eigenvalue weighted by molar-refractivity contribution is 7.19. The molecule has 3 aromatic rings. The second-order valence-corrected chi connectivity index (χ2v) is 6.80. The minimum Gasteiger partial charge on any atom is -0.439 e. The van der Waals surface area contributed by atoms with Crippen LogP contribution in [0, 0.1) is 25.2 Å². The summed E-state index contributed by atoms with van der Waals surface area (Å²) in [5, 5.41) is 10.6. The van der Waals surface area contributed by atoms with E-state index in [1.54, 1.807) is 23.7 Å². The van der Waals surface area contributed by atoms with Crippen LogP contribution in [0.4, 0.5) is 0 Å². The van der Waals surface area contributed by atoms with Crippen molar-refractivity contribution in [2.24, 2.45) is 5.73 Å². The Morgan fingerprint density at radius 1 is 1.38 bits per heavy atom. The molecule has 3 aromatic heterocycles. The number of thiophene rings is 1. The van der Waals surface area contributed by atoms with E-state index in [4.69, 9.17) is 10.5 Å². The number of aryl methyl sites for hydroxylation is 2. The van der Waals surface area contributed by atoms with Crippen LogP contribution in [-0.2, 0) is 0 Å². The molecule has 1 aliphatic rings. The Morgan fingerprint density at radius 3 is 2.92 bits per heavy atom. The third kappa shape index (κ3) is 2.06. The summed E-state index contributed by atoms with van der Waals surface area (Å²) in [6.45, 7) is 4.00. The lowest BCUT2D eigenvalue weighted by Gasteiger charge is -2.23. The minimum absolute atomic E-state index is 0.151. The Hall–Kier alpha value is -2.91. The van der Waals surface area contributed by atoms with E-state index < -0.39 is 0 Å². The van der Waals surface area contributed by atoms with Gasteiger partial charge in [-0.2, -0.15) is 5.26 Å². The molecule has 0 spiro atoms. The van der Waals surface area contributed by atoms with Gasteiger partial charge < -0.3 is 10.5 Å². The Morgan fingerprint density at radius 2 is 2.21 bits per heavy atom. The zero-order chi connectivity index (χ0) is 16.8. The number of fused-ring (bicyclic) bond motifs is 3. The van der Waals surface area contributed by atoms with Crippen molar-refractivity contribution < 1.29 is 4.74 Å². The summed E-state index contributed by atoms with van der Waals surface area (Å²) in [5.41, 5.74) is 9.44. The third-order valence-corrected chi connectivity index (χ3v) is 5.27. The van der Waals surface area contributed by atoms with E-state index in [0.717, 1.165) is 31.9 Å². The minimum atomic E-state index is -0.272. The van der Waals surface area contributed by atoms with Gasteiger partial charge in [0.05, 0.1) is 16.2 Å². The number of nitriles is 1. The van der Waals surface area contributed by atoms with Crippen LogP contribution in [0.1, 0.15) is 27.6 Å². The second-order valence-electron chi connectivity index (χ2n) is 5.77. The monoisotopic (exact) mass is 334 g/mol. The standard InChI is InChI=1S/C18H14N4OS/c1-9-6-10(2)22-18-13(9)15-16(24-18)14(11-4-3-5-21-8-11)12(7-19)17(20)23-15/h3-6,8,14H,20H2,1-2H3. The number of allylic oxidation sites excluding steroid dienone is 1. The van der Waals surface area contributed by atoms with Crippen molar-refractivity contribution in [2.45, 2.75) is 19.8 Å². The summed E-state index contributed by atoms with van der Waals surface area (Å²) < 4.78 is 5.85. The average Bonchev–Trinajstić information content (AvgIpc) is 2.92. The van der Waals surface area contributed by atoms with Crippen LogP contribution in [0.25, 0.3) is 10.2 Å². The van der Waals surface area contributed by atoms with Gasteiger partial charge in [-0.15, -0.1) is 11.3 Å². The first-order chi connectivity index (χ1) is 11.6. The molecule has 0 radical (unpaired) electrons. The number of nitrogens with zero attached hydrogens (tertiary/aromatic N) is 3. The SMILES string of the molecule is Cc1cc(C)c2c3c(sc2n1)C(c1cccnc1)C(C#N)=C(N)O3. The number of pyridine rings is 2. The van der Waals surface area contributed by atoms with Gasteiger partial charge in [0.1, 0.15) is 16.5 Å². The lowest BCUT2D eigenvalue weighted by atomic mass is 9.89. The van der Waals surface area contributed by atoms with Crippen LogP contribution in [0.3, 0.4) is 0 Å². The maximum Gasteiger partial charge on any atom is 0.205 e. The van der Waals surface area contributed by atoms with Crippen LogP contribution < -0.4 is 10.5 Å². The van der Waals surface area contributed by atoms with Crippen molar-refractivity contribution in [3.63, 3.8) is 0 Å². The number of hydrogen-bond acceptors (Lipinski definition) is 6. The first-order valence-electron chi connectivity index (χ1n) is 7.48. The van der Waals surface area contributed by atoms with Gasteiger partial charge in [0.15, 0.2) is 5.75 Å². The van der Waals surface area contributed by atoms with E-state index >= 15 is 0 Å². The molecular formula is C18H14N4OS. The summed E-state index contributed by atoms with van der Waals surface area (Å²) in [6, 6.07) is 8.04. The second kappa shape index (κ2) is 5.32. The van der Waals surface area contributed by atoms with Crippen molar-refractivity contribution in [2.75, 3.05) is 0 Å². The van der Waals surface area contributed by atoms with E-state index in [1.165, 1.54) is 0 Å². The molecule has 0 aromatic carbocycles. The summed E-state index contributed by atoms with van der Waals surface area (Å²) in [6.07, 6.45) is 3.48. The van der Waals surface area contributed by atoms with Gasteiger partial charge in [0, 0.05) is 18.1 Å². The van der Waals surface area contributed by atoms with E-state index in [2.05, 4.69) is 16.0 Å². The molecule has 5 nitrogen and oxygen atoms in total. The van der Waals surface area contributed by atoms with Crippen LogP contribution in [0.5, 0.6) is 5.75 Å². The molecule has 1 unspecified atom stereocenters. The lowest BCUT2D eigenvalue weighted by Crippen LogP contribution is -2.19. The summed E-state index contributed by atoms with van der Waals surface area (Å²) >= 11 is 1.55. The van der Waals surface area contributed by atoms with Crippen LogP contribution in [0.2, 0.25) is 0 Å². The molecule has 1 aliphatic heterocycles. The van der Waals surface area contributed by atoms with E-state index in [1.807, 2.05) is 32.0 Å². The van der Waals surface area contributed by atoms with Gasteiger partial charge in [-0.05, 0) is 37.1 Å². The molecule has 2 N–H and O–H groups in total. The van der Waals surface area contributed by atoms with Gasteiger partial charge in [-0.3, -0.25) is 4.98 Å². The zero-order valence-corrected chi connectivity index (χ0v) is 14.0. The van der Waals surface area contributed by atoms with Crippen molar-refractivity contribution in [1.82, 2.24) is 9.97 Å². The van der Waals surface area contributed by atoms with Gasteiger partial charge in [-0.1, -0.05) is 6.07 Å². The molecule has 0 fully saturated rings. The van der Waals surface area contributed by atoms with Gasteiger partial charge in [0.2, 0.25) is 5.88 Å². The molecule has 0 aliphatic carbocycles. The third-order valence-electron chi connectivity index (χ3n) is 4.14. The Kier molecular flexibility index (Phi) is 3.25. The number of nitrogens with two attached hydrogens (primary N) is 1. The fraction of sp³-hybridized carbons (Fsp3) is 0.167. The maximum atomic E-state index is 9.59. The Bertz CT molecular complexity index is 1030. The van der Waals surface area contributed by atoms with Crippen molar-refractivity contribution in [1.29, 1.82) is 5.26 Å². The van der Waals surface area contributed by atoms with Crippen LogP contribution in [0.15, 0.2) is 42.0 Å². The summed E-state index contributed by atoms with van der Waals surface area (Å²) in [4.78, 5) is 10.7. The first-order valence-corrected chi connectivity index (χ1v) is 8.30. The van der Waals surface area contributed by atoms with E-state index in [-0.39, 0.29) is 11.8 Å². The predicted octanol–water partition coefficient (Wildman–Crippen LogP) is 3.53. The topological polar surface area (TPSA) is 84.8 Å². The summed E-state index contributed by atoms with van der Waals surface area (Å²) in [5.74, 6) is 0.593. The molecule has 118 valence electrons. The number of ether oxygens (including phenoxy) is 1. The molecule has 6 heteroatoms. The maximum absolute atomic E-state index is 9.59. The molecule has 1 atom stereocenters. The van der Waals surface area contributed by atoms with Crippen LogP contribution in [-0.4, -0.2) is 9.97 Å². The molecule has 0 saturated heterocycles. The highest BCUT2D eigenvalue weighted by atomic mass is 32.1. The molecule has 0 saturated carbocycles. The highest BCUT2D eigenvalue weighted by Gasteiger charge is 2.34. The smallest absolute Gasteiger partial charge is 0.205 e. The molecular weight excluding hydrogens is 320 g/mol. The lowest BCUT2D eigenvalue weighted by molar-refractivity contribution is 0.401.